The molecule has 0 saturated heterocycles. The first kappa shape index (κ1) is 13.3. The third-order valence-corrected chi connectivity index (χ3v) is 4.06. The predicted octanol–water partition coefficient (Wildman–Crippen LogP) is 4.91. The fraction of sp³-hybridized carbons (Fsp3) is 0.176. The maximum atomic E-state index is 5.96. The highest BCUT2D eigenvalue weighted by molar-refractivity contribution is 6.30. The molecule has 0 bridgehead atoms. The lowest BCUT2D eigenvalue weighted by Crippen LogP contribution is -1.93. The molecule has 0 radical (unpaired) electrons. The Hall–Kier alpha value is -2.33. The molecule has 4 aromatic rings. The van der Waals surface area contributed by atoms with Crippen molar-refractivity contribution < 1.29 is 4.52 Å². The summed E-state index contributed by atoms with van der Waals surface area (Å²) in [6.07, 6.45) is 2.95. The Morgan fingerprint density at radius 1 is 1.14 bits per heavy atom. The number of imidazole rings is 1. The lowest BCUT2D eigenvalue weighted by Gasteiger charge is -2.01. The average Bonchev–Trinajstić information content (AvgIpc) is 3.12. The summed E-state index contributed by atoms with van der Waals surface area (Å²) in [5, 5.41) is 5.82. The third-order valence-electron chi connectivity index (χ3n) is 3.80. The smallest absolute Gasteiger partial charge is 0.176 e. The lowest BCUT2D eigenvalue weighted by atomic mass is 10.1. The summed E-state index contributed by atoms with van der Waals surface area (Å²) >= 11 is 5.96. The van der Waals surface area contributed by atoms with Crippen LogP contribution in [0.5, 0.6) is 0 Å². The van der Waals surface area contributed by atoms with Gasteiger partial charge >= 0.3 is 0 Å². The van der Waals surface area contributed by atoms with Crippen LogP contribution >= 0.6 is 11.6 Å². The molecule has 0 aliphatic carbocycles. The minimum atomic E-state index is 0.699. The van der Waals surface area contributed by atoms with Crippen LogP contribution in [-0.2, 0) is 6.54 Å². The summed E-state index contributed by atoms with van der Waals surface area (Å²) < 4.78 is 7.74. The van der Waals surface area contributed by atoms with E-state index >= 15 is 0 Å². The van der Waals surface area contributed by atoms with Gasteiger partial charge in [0.2, 0.25) is 0 Å². The fourth-order valence-electron chi connectivity index (χ4n) is 2.78. The quantitative estimate of drug-likeness (QED) is 0.540. The molecule has 0 atom stereocenters. The Bertz CT molecular complexity index is 953. The summed E-state index contributed by atoms with van der Waals surface area (Å²) in [6.45, 7) is 3.10. The van der Waals surface area contributed by atoms with Crippen molar-refractivity contribution in [3.8, 4) is 11.3 Å². The van der Waals surface area contributed by atoms with Gasteiger partial charge in [0, 0.05) is 17.1 Å². The van der Waals surface area contributed by atoms with E-state index in [0.29, 0.717) is 5.02 Å². The van der Waals surface area contributed by atoms with E-state index in [1.807, 2.05) is 36.7 Å². The summed E-state index contributed by atoms with van der Waals surface area (Å²) in [7, 11) is 0. The monoisotopic (exact) mass is 311 g/mol. The van der Waals surface area contributed by atoms with Gasteiger partial charge in [-0.05, 0) is 42.8 Å². The highest BCUT2D eigenvalue weighted by atomic mass is 35.5. The van der Waals surface area contributed by atoms with Gasteiger partial charge in [-0.25, -0.2) is 4.98 Å². The van der Waals surface area contributed by atoms with E-state index < -0.39 is 0 Å². The number of rotatable bonds is 3. The Labute approximate surface area is 132 Å². The van der Waals surface area contributed by atoms with Crippen LogP contribution in [0, 0.1) is 0 Å². The van der Waals surface area contributed by atoms with Crippen molar-refractivity contribution >= 4 is 33.5 Å². The van der Waals surface area contributed by atoms with Crippen molar-refractivity contribution in [2.24, 2.45) is 0 Å². The van der Waals surface area contributed by atoms with Gasteiger partial charge in [0.1, 0.15) is 11.0 Å². The number of halogens is 1. The Balaban J connectivity index is 2.00. The van der Waals surface area contributed by atoms with E-state index in [9.17, 15) is 0 Å². The van der Waals surface area contributed by atoms with Crippen molar-refractivity contribution in [1.82, 2.24) is 14.7 Å². The molecule has 0 unspecified atom stereocenters. The van der Waals surface area contributed by atoms with Crippen molar-refractivity contribution in [2.75, 3.05) is 0 Å². The van der Waals surface area contributed by atoms with Crippen LogP contribution < -0.4 is 0 Å². The van der Waals surface area contributed by atoms with E-state index in [1.54, 1.807) is 0 Å². The molecule has 0 amide bonds. The summed E-state index contributed by atoms with van der Waals surface area (Å²) in [4.78, 5) is 4.58. The van der Waals surface area contributed by atoms with Crippen LogP contribution in [0.25, 0.3) is 33.3 Å². The first-order chi connectivity index (χ1) is 10.8. The molecule has 2 aromatic carbocycles. The first-order valence-corrected chi connectivity index (χ1v) is 7.65. The summed E-state index contributed by atoms with van der Waals surface area (Å²) in [5.74, 6) is 0.735. The van der Waals surface area contributed by atoms with Crippen molar-refractivity contribution in [2.45, 2.75) is 19.9 Å². The van der Waals surface area contributed by atoms with Gasteiger partial charge < -0.3 is 9.09 Å². The van der Waals surface area contributed by atoms with Gasteiger partial charge in [-0.15, -0.1) is 0 Å². The number of hydrogen-bond acceptors (Lipinski definition) is 3. The van der Waals surface area contributed by atoms with Crippen LogP contribution in [-0.4, -0.2) is 14.7 Å². The molecule has 110 valence electrons. The number of benzene rings is 2. The molecule has 4 nitrogen and oxygen atoms in total. The van der Waals surface area contributed by atoms with Crippen molar-refractivity contribution in [1.29, 1.82) is 0 Å². The van der Waals surface area contributed by atoms with Gasteiger partial charge in [0.15, 0.2) is 5.76 Å². The molecule has 0 N–H and O–H groups in total. The number of aryl methyl sites for hydroxylation is 1. The van der Waals surface area contributed by atoms with Crippen LogP contribution in [0.2, 0.25) is 5.02 Å². The number of hydrogen-bond donors (Lipinski definition) is 0. The topological polar surface area (TPSA) is 43.9 Å². The molecular formula is C17H14ClN3O. The fourth-order valence-corrected chi connectivity index (χ4v) is 2.91. The number of aromatic nitrogens is 3. The van der Waals surface area contributed by atoms with E-state index in [0.717, 1.165) is 46.2 Å². The van der Waals surface area contributed by atoms with Crippen LogP contribution in [0.1, 0.15) is 13.3 Å². The molecule has 0 aliphatic heterocycles. The lowest BCUT2D eigenvalue weighted by molar-refractivity contribution is 0.441. The third kappa shape index (κ3) is 1.99. The zero-order valence-corrected chi connectivity index (χ0v) is 12.8. The van der Waals surface area contributed by atoms with E-state index in [-0.39, 0.29) is 0 Å². The summed E-state index contributed by atoms with van der Waals surface area (Å²) in [6, 6.07) is 11.6. The molecule has 4 rings (SSSR count). The molecular weight excluding hydrogens is 298 g/mol. The Kier molecular flexibility index (Phi) is 3.12. The molecule has 2 aromatic heterocycles. The highest BCUT2D eigenvalue weighted by Gasteiger charge is 2.16. The molecule has 0 aliphatic rings. The first-order valence-electron chi connectivity index (χ1n) is 7.27. The van der Waals surface area contributed by atoms with E-state index in [4.69, 9.17) is 16.1 Å². The number of nitrogens with zero attached hydrogens (tertiary/aromatic N) is 3. The molecule has 22 heavy (non-hydrogen) atoms. The van der Waals surface area contributed by atoms with Crippen molar-refractivity contribution in [3.63, 3.8) is 0 Å². The predicted molar refractivity (Wildman–Crippen MR) is 88.0 cm³/mol. The van der Waals surface area contributed by atoms with Gasteiger partial charge in [-0.2, -0.15) is 0 Å². The summed E-state index contributed by atoms with van der Waals surface area (Å²) in [5.41, 5.74) is 3.80. The number of fused-ring (bicyclic) bond motifs is 3. The molecule has 0 spiro atoms. The van der Waals surface area contributed by atoms with Crippen LogP contribution in [0.3, 0.4) is 0 Å². The zero-order valence-electron chi connectivity index (χ0n) is 12.1. The standard InChI is InChI=1S/C17H14ClN3O/c1-2-9-21-10-19-16-14(21)8-7-13-15(16)17(22-20-13)11-3-5-12(18)6-4-11/h3-8,10H,2,9H2,1H3. The zero-order chi connectivity index (χ0) is 15.1. The second kappa shape index (κ2) is 5.14. The Morgan fingerprint density at radius 3 is 2.73 bits per heavy atom. The minimum Gasteiger partial charge on any atom is -0.355 e. The second-order valence-electron chi connectivity index (χ2n) is 5.28. The average molecular weight is 312 g/mol. The highest BCUT2D eigenvalue weighted by Crippen LogP contribution is 2.34. The molecule has 0 fully saturated rings. The maximum Gasteiger partial charge on any atom is 0.176 e. The van der Waals surface area contributed by atoms with E-state index in [2.05, 4.69) is 27.7 Å². The maximum absolute atomic E-state index is 5.96. The van der Waals surface area contributed by atoms with Gasteiger partial charge in [-0.3, -0.25) is 0 Å². The molecule has 2 heterocycles. The van der Waals surface area contributed by atoms with E-state index in [1.165, 1.54) is 0 Å². The minimum absolute atomic E-state index is 0.699. The largest absolute Gasteiger partial charge is 0.355 e. The van der Waals surface area contributed by atoms with Crippen molar-refractivity contribution in [3.05, 3.63) is 47.7 Å². The van der Waals surface area contributed by atoms with Gasteiger partial charge in [-0.1, -0.05) is 23.7 Å². The molecule has 0 saturated carbocycles. The SMILES string of the molecule is CCCn1cnc2c3c(-c4ccc(Cl)cc4)onc3ccc21. The van der Waals surface area contributed by atoms with Crippen LogP contribution in [0.4, 0.5) is 0 Å². The second-order valence-corrected chi connectivity index (χ2v) is 5.72. The normalized spacial score (nSPS) is 11.5. The van der Waals surface area contributed by atoms with Gasteiger partial charge in [0.25, 0.3) is 0 Å². The molecule has 5 heteroatoms. The van der Waals surface area contributed by atoms with Gasteiger partial charge in [0.05, 0.1) is 17.2 Å². The Morgan fingerprint density at radius 2 is 1.95 bits per heavy atom. The van der Waals surface area contributed by atoms with Crippen LogP contribution in [0.15, 0.2) is 47.2 Å².